The number of thiazole rings is 1. The molecule has 1 heterocycles. The summed E-state index contributed by atoms with van der Waals surface area (Å²) in [5, 5.41) is 7.54. The summed E-state index contributed by atoms with van der Waals surface area (Å²) in [6, 6.07) is 19.7. The second kappa shape index (κ2) is 11.1. The second-order valence-electron chi connectivity index (χ2n) is 7.20. The van der Waals surface area contributed by atoms with E-state index >= 15 is 0 Å². The van der Waals surface area contributed by atoms with Crippen LogP contribution in [0.25, 0.3) is 10.8 Å². The Bertz CT molecular complexity index is 1220. The fraction of sp³-hybridized carbons (Fsp3) is 0.200. The molecule has 0 atom stereocenters. The topological polar surface area (TPSA) is 69.7 Å². The molecular formula is C25H24N2O4S2. The fourth-order valence-electron chi connectivity index (χ4n) is 3.22. The number of carbonyl (C=O) groups excluding carboxylic acids is 1. The zero-order chi connectivity index (χ0) is 23.0. The standard InChI is InChI=1S/C25H24N2O4S2/c1-29-22-9-17(10-23(12-22)30-2)14-32-15-20-16-33-25(26-20)27-24(28)13-31-21-8-7-18-5-3-4-6-19(18)11-21/h3-12,16H,13-15H2,1-2H3,(H,26,27,28). The van der Waals surface area contributed by atoms with Gasteiger partial charge in [-0.25, -0.2) is 4.98 Å². The lowest BCUT2D eigenvalue weighted by Crippen LogP contribution is -2.20. The van der Waals surface area contributed by atoms with E-state index in [9.17, 15) is 4.79 Å². The van der Waals surface area contributed by atoms with Crippen LogP contribution in [0.1, 0.15) is 11.3 Å². The number of aromatic nitrogens is 1. The van der Waals surface area contributed by atoms with Crippen molar-refractivity contribution in [1.82, 2.24) is 4.98 Å². The van der Waals surface area contributed by atoms with Gasteiger partial charge in [0.2, 0.25) is 0 Å². The van der Waals surface area contributed by atoms with Gasteiger partial charge in [-0.15, -0.1) is 11.3 Å². The molecule has 170 valence electrons. The number of hydrogen-bond donors (Lipinski definition) is 1. The second-order valence-corrected chi connectivity index (χ2v) is 9.05. The molecule has 0 fully saturated rings. The van der Waals surface area contributed by atoms with E-state index < -0.39 is 0 Å². The van der Waals surface area contributed by atoms with Crippen LogP contribution in [0.4, 0.5) is 5.13 Å². The number of anilines is 1. The molecule has 0 aliphatic heterocycles. The van der Waals surface area contributed by atoms with Crippen molar-refractivity contribution >= 4 is 44.9 Å². The summed E-state index contributed by atoms with van der Waals surface area (Å²) >= 11 is 3.14. The molecule has 0 spiro atoms. The number of hydrogen-bond acceptors (Lipinski definition) is 7. The summed E-state index contributed by atoms with van der Waals surface area (Å²) in [6.45, 7) is -0.0698. The normalized spacial score (nSPS) is 10.7. The summed E-state index contributed by atoms with van der Waals surface area (Å²) in [4.78, 5) is 16.8. The molecule has 0 saturated heterocycles. The Morgan fingerprint density at radius 1 is 0.939 bits per heavy atom. The Morgan fingerprint density at radius 3 is 2.45 bits per heavy atom. The van der Waals surface area contributed by atoms with E-state index in [1.54, 1.807) is 26.0 Å². The monoisotopic (exact) mass is 480 g/mol. The summed E-state index contributed by atoms with van der Waals surface area (Å²) < 4.78 is 16.3. The lowest BCUT2D eigenvalue weighted by Gasteiger charge is -2.08. The van der Waals surface area contributed by atoms with Crippen LogP contribution in [0, 0.1) is 0 Å². The first-order valence-corrected chi connectivity index (χ1v) is 12.3. The van der Waals surface area contributed by atoms with Gasteiger partial charge in [0.25, 0.3) is 5.91 Å². The van der Waals surface area contributed by atoms with Gasteiger partial charge in [0.15, 0.2) is 11.7 Å². The van der Waals surface area contributed by atoms with Crippen molar-refractivity contribution in [3.05, 3.63) is 77.3 Å². The Kier molecular flexibility index (Phi) is 7.70. The first-order chi connectivity index (χ1) is 16.1. The molecule has 0 aliphatic rings. The van der Waals surface area contributed by atoms with Gasteiger partial charge in [-0.05, 0) is 40.6 Å². The number of methoxy groups -OCH3 is 2. The van der Waals surface area contributed by atoms with Gasteiger partial charge in [0.05, 0.1) is 19.9 Å². The zero-order valence-corrected chi connectivity index (χ0v) is 20.0. The lowest BCUT2D eigenvalue weighted by molar-refractivity contribution is -0.118. The van der Waals surface area contributed by atoms with Gasteiger partial charge in [-0.3, -0.25) is 10.1 Å². The molecule has 1 aromatic heterocycles. The van der Waals surface area contributed by atoms with Gasteiger partial charge in [-0.1, -0.05) is 30.3 Å². The number of thioether (sulfide) groups is 1. The molecule has 4 aromatic rings. The van der Waals surface area contributed by atoms with Crippen LogP contribution in [0.15, 0.2) is 66.0 Å². The highest BCUT2D eigenvalue weighted by Gasteiger charge is 2.09. The van der Waals surface area contributed by atoms with Gasteiger partial charge in [-0.2, -0.15) is 11.8 Å². The number of fused-ring (bicyclic) bond motifs is 1. The van der Waals surface area contributed by atoms with Crippen molar-refractivity contribution in [2.45, 2.75) is 11.5 Å². The molecule has 0 bridgehead atoms. The summed E-state index contributed by atoms with van der Waals surface area (Å²) in [7, 11) is 3.29. The van der Waals surface area contributed by atoms with Crippen LogP contribution >= 0.6 is 23.1 Å². The van der Waals surface area contributed by atoms with E-state index in [1.165, 1.54) is 11.3 Å². The highest BCUT2D eigenvalue weighted by atomic mass is 32.2. The van der Waals surface area contributed by atoms with E-state index in [1.807, 2.05) is 66.0 Å². The van der Waals surface area contributed by atoms with Gasteiger partial charge < -0.3 is 14.2 Å². The third-order valence-corrected chi connectivity index (χ3v) is 6.66. The number of benzene rings is 3. The van der Waals surface area contributed by atoms with Gasteiger partial charge in [0, 0.05) is 23.0 Å². The molecule has 6 nitrogen and oxygen atoms in total. The molecule has 0 aliphatic carbocycles. The van der Waals surface area contributed by atoms with Gasteiger partial charge >= 0.3 is 0 Å². The summed E-state index contributed by atoms with van der Waals surface area (Å²) in [5.41, 5.74) is 2.04. The minimum Gasteiger partial charge on any atom is -0.497 e. The molecule has 1 amide bonds. The predicted molar refractivity (Wildman–Crippen MR) is 135 cm³/mol. The lowest BCUT2D eigenvalue weighted by atomic mass is 10.1. The largest absolute Gasteiger partial charge is 0.497 e. The van der Waals surface area contributed by atoms with Crippen LogP contribution < -0.4 is 19.5 Å². The fourth-order valence-corrected chi connectivity index (χ4v) is 4.91. The average molecular weight is 481 g/mol. The Balaban J connectivity index is 1.24. The third kappa shape index (κ3) is 6.40. The molecule has 0 radical (unpaired) electrons. The van der Waals surface area contributed by atoms with E-state index in [2.05, 4.69) is 10.3 Å². The Labute approximate surface area is 200 Å². The van der Waals surface area contributed by atoms with E-state index in [4.69, 9.17) is 14.2 Å². The van der Waals surface area contributed by atoms with Crippen LogP contribution in [0.5, 0.6) is 17.2 Å². The highest BCUT2D eigenvalue weighted by molar-refractivity contribution is 7.97. The average Bonchev–Trinajstić information content (AvgIpc) is 3.29. The van der Waals surface area contributed by atoms with Crippen molar-refractivity contribution in [2.24, 2.45) is 0 Å². The molecule has 0 unspecified atom stereocenters. The van der Waals surface area contributed by atoms with Crippen molar-refractivity contribution < 1.29 is 19.0 Å². The smallest absolute Gasteiger partial charge is 0.264 e. The van der Waals surface area contributed by atoms with Crippen LogP contribution in [-0.4, -0.2) is 31.7 Å². The number of carbonyl (C=O) groups is 1. The highest BCUT2D eigenvalue weighted by Crippen LogP contribution is 2.27. The van der Waals surface area contributed by atoms with Crippen molar-refractivity contribution in [3.63, 3.8) is 0 Å². The molecular weight excluding hydrogens is 456 g/mol. The first-order valence-electron chi connectivity index (χ1n) is 10.3. The van der Waals surface area contributed by atoms with Crippen LogP contribution in [0.2, 0.25) is 0 Å². The van der Waals surface area contributed by atoms with Crippen LogP contribution in [-0.2, 0) is 16.3 Å². The SMILES string of the molecule is COc1cc(CSCc2csc(NC(=O)COc3ccc4ccccc4c3)n2)cc(OC)c1. The molecule has 0 saturated carbocycles. The third-order valence-electron chi connectivity index (χ3n) is 4.82. The van der Waals surface area contributed by atoms with E-state index in [0.717, 1.165) is 45.0 Å². The summed E-state index contributed by atoms with van der Waals surface area (Å²) in [6.07, 6.45) is 0. The Hall–Kier alpha value is -3.23. The maximum absolute atomic E-state index is 12.3. The van der Waals surface area contributed by atoms with Gasteiger partial charge in [0.1, 0.15) is 17.2 Å². The molecule has 33 heavy (non-hydrogen) atoms. The van der Waals surface area contributed by atoms with Crippen molar-refractivity contribution in [1.29, 1.82) is 0 Å². The number of ether oxygens (including phenoxy) is 3. The quantitative estimate of drug-likeness (QED) is 0.311. The minimum atomic E-state index is -0.236. The van der Waals surface area contributed by atoms with Crippen molar-refractivity contribution in [2.75, 3.05) is 26.1 Å². The summed E-state index contributed by atoms with van der Waals surface area (Å²) in [5.74, 6) is 3.50. The minimum absolute atomic E-state index is 0.0698. The number of nitrogens with zero attached hydrogens (tertiary/aromatic N) is 1. The maximum Gasteiger partial charge on any atom is 0.264 e. The molecule has 4 rings (SSSR count). The van der Waals surface area contributed by atoms with Crippen molar-refractivity contribution in [3.8, 4) is 17.2 Å². The number of nitrogens with one attached hydrogen (secondary N) is 1. The zero-order valence-electron chi connectivity index (χ0n) is 18.4. The van der Waals surface area contributed by atoms with E-state index in [0.29, 0.717) is 10.9 Å². The molecule has 1 N–H and O–H groups in total. The first kappa shape index (κ1) is 22.9. The Morgan fingerprint density at radius 2 is 1.70 bits per heavy atom. The maximum atomic E-state index is 12.3. The van der Waals surface area contributed by atoms with Crippen LogP contribution in [0.3, 0.4) is 0 Å². The predicted octanol–water partition coefficient (Wildman–Crippen LogP) is 5.76. The number of amides is 1. The number of rotatable bonds is 10. The molecule has 8 heteroatoms. The van der Waals surface area contributed by atoms with E-state index in [-0.39, 0.29) is 12.5 Å². The molecule has 3 aromatic carbocycles.